The number of aliphatic hydroxyl groups excluding tert-OH is 1. The molecule has 1 fully saturated rings. The van der Waals surface area contributed by atoms with E-state index in [4.69, 9.17) is 5.11 Å². The highest BCUT2D eigenvalue weighted by atomic mass is 19.3. The SMILES string of the molecule is CC.CC(C)C(/C=C\N(C)C1CC(CO)CC1(F)F)=NC=O. The fourth-order valence-electron chi connectivity index (χ4n) is 2.44. The molecule has 0 saturated heterocycles. The number of halogens is 2. The van der Waals surface area contributed by atoms with Gasteiger partial charge in [0, 0.05) is 32.0 Å². The van der Waals surface area contributed by atoms with Crippen LogP contribution in [0.3, 0.4) is 0 Å². The van der Waals surface area contributed by atoms with Gasteiger partial charge in [-0.15, -0.1) is 0 Å². The van der Waals surface area contributed by atoms with Crippen molar-refractivity contribution >= 4 is 12.1 Å². The van der Waals surface area contributed by atoms with Gasteiger partial charge in [0.25, 0.3) is 5.92 Å². The van der Waals surface area contributed by atoms with Gasteiger partial charge in [-0.3, -0.25) is 4.79 Å². The summed E-state index contributed by atoms with van der Waals surface area (Å²) in [6.07, 6.45) is 3.53. The Kier molecular flexibility index (Phi) is 9.09. The van der Waals surface area contributed by atoms with Gasteiger partial charge in [-0.25, -0.2) is 13.8 Å². The van der Waals surface area contributed by atoms with Gasteiger partial charge in [0.15, 0.2) is 0 Å². The minimum atomic E-state index is -2.81. The van der Waals surface area contributed by atoms with Crippen molar-refractivity contribution in [2.45, 2.75) is 52.5 Å². The summed E-state index contributed by atoms with van der Waals surface area (Å²) in [6.45, 7) is 7.53. The quantitative estimate of drug-likeness (QED) is 0.605. The molecule has 0 aromatic heterocycles. The Labute approximate surface area is 131 Å². The van der Waals surface area contributed by atoms with Crippen LogP contribution in [0, 0.1) is 11.8 Å². The molecule has 1 aliphatic rings. The van der Waals surface area contributed by atoms with Crippen molar-refractivity contribution < 1.29 is 18.7 Å². The summed E-state index contributed by atoms with van der Waals surface area (Å²) < 4.78 is 27.7. The molecule has 1 N–H and O–H groups in total. The number of rotatable bonds is 6. The van der Waals surface area contributed by atoms with Crippen LogP contribution in [0.5, 0.6) is 0 Å². The Morgan fingerprint density at radius 3 is 2.45 bits per heavy atom. The number of alkyl halides is 2. The summed E-state index contributed by atoms with van der Waals surface area (Å²) in [4.78, 5) is 15.6. The van der Waals surface area contributed by atoms with Crippen LogP contribution < -0.4 is 0 Å². The summed E-state index contributed by atoms with van der Waals surface area (Å²) in [5, 5.41) is 9.03. The first kappa shape index (κ1) is 20.7. The lowest BCUT2D eigenvalue weighted by Crippen LogP contribution is -2.39. The van der Waals surface area contributed by atoms with E-state index < -0.39 is 12.0 Å². The molecule has 1 rings (SSSR count). The van der Waals surface area contributed by atoms with Gasteiger partial charge in [0.05, 0.1) is 6.04 Å². The molecule has 0 spiro atoms. The molecule has 2 atom stereocenters. The van der Waals surface area contributed by atoms with Crippen LogP contribution in [0.25, 0.3) is 0 Å². The Hall–Kier alpha value is -1.30. The van der Waals surface area contributed by atoms with Gasteiger partial charge in [-0.1, -0.05) is 27.7 Å². The highest BCUT2D eigenvalue weighted by Crippen LogP contribution is 2.41. The molecule has 0 aromatic carbocycles. The van der Waals surface area contributed by atoms with Crippen molar-refractivity contribution in [1.29, 1.82) is 0 Å². The Morgan fingerprint density at radius 2 is 2.05 bits per heavy atom. The van der Waals surface area contributed by atoms with E-state index in [0.717, 1.165) is 0 Å². The van der Waals surface area contributed by atoms with E-state index in [0.29, 0.717) is 12.1 Å². The molecule has 1 aliphatic carbocycles. The molecule has 0 heterocycles. The monoisotopic (exact) mass is 318 g/mol. The minimum Gasteiger partial charge on any atom is -0.396 e. The highest BCUT2D eigenvalue weighted by molar-refractivity contribution is 5.99. The molecule has 22 heavy (non-hydrogen) atoms. The van der Waals surface area contributed by atoms with Crippen molar-refractivity contribution in [2.24, 2.45) is 16.8 Å². The highest BCUT2D eigenvalue weighted by Gasteiger charge is 2.49. The fourth-order valence-corrected chi connectivity index (χ4v) is 2.44. The van der Waals surface area contributed by atoms with Gasteiger partial charge in [0.2, 0.25) is 6.41 Å². The fraction of sp³-hybridized carbons (Fsp3) is 0.750. The zero-order valence-electron chi connectivity index (χ0n) is 14.1. The third-order valence-corrected chi connectivity index (χ3v) is 3.63. The smallest absolute Gasteiger partial charge is 0.268 e. The Balaban J connectivity index is 0.00000211. The number of aliphatic imine (C=N–C) groups is 1. The average molecular weight is 318 g/mol. The largest absolute Gasteiger partial charge is 0.396 e. The van der Waals surface area contributed by atoms with E-state index in [1.54, 1.807) is 13.1 Å². The second kappa shape index (κ2) is 9.66. The van der Waals surface area contributed by atoms with E-state index in [1.807, 2.05) is 27.7 Å². The van der Waals surface area contributed by atoms with E-state index in [1.165, 1.54) is 11.1 Å². The molecule has 0 aliphatic heterocycles. The molecular formula is C16H28F2N2O2. The van der Waals surface area contributed by atoms with Gasteiger partial charge >= 0.3 is 0 Å². The molecule has 0 bridgehead atoms. The van der Waals surface area contributed by atoms with Gasteiger partial charge in [-0.2, -0.15) is 0 Å². The molecule has 1 amide bonds. The first-order valence-corrected chi connectivity index (χ1v) is 7.72. The molecular weight excluding hydrogens is 290 g/mol. The molecule has 0 radical (unpaired) electrons. The second-order valence-corrected chi connectivity index (χ2v) is 5.56. The van der Waals surface area contributed by atoms with Gasteiger partial charge in [-0.05, 0) is 24.3 Å². The number of hydrogen-bond acceptors (Lipinski definition) is 3. The van der Waals surface area contributed by atoms with Crippen molar-refractivity contribution in [2.75, 3.05) is 13.7 Å². The topological polar surface area (TPSA) is 52.9 Å². The Morgan fingerprint density at radius 1 is 1.45 bits per heavy atom. The lowest BCUT2D eigenvalue weighted by atomic mass is 10.1. The lowest BCUT2D eigenvalue weighted by Gasteiger charge is -2.28. The number of amides is 1. The van der Waals surface area contributed by atoms with E-state index in [-0.39, 0.29) is 31.3 Å². The Bertz CT molecular complexity index is 396. The molecule has 1 saturated carbocycles. The molecule has 4 nitrogen and oxygen atoms in total. The number of allylic oxidation sites excluding steroid dienone is 1. The zero-order valence-corrected chi connectivity index (χ0v) is 14.1. The lowest BCUT2D eigenvalue weighted by molar-refractivity contribution is -0.106. The van der Waals surface area contributed by atoms with Crippen LogP contribution in [0.2, 0.25) is 0 Å². The second-order valence-electron chi connectivity index (χ2n) is 5.56. The van der Waals surface area contributed by atoms with E-state index in [9.17, 15) is 13.6 Å². The van der Waals surface area contributed by atoms with Crippen molar-refractivity contribution in [3.63, 3.8) is 0 Å². The van der Waals surface area contributed by atoms with Gasteiger partial charge < -0.3 is 10.0 Å². The third-order valence-electron chi connectivity index (χ3n) is 3.63. The van der Waals surface area contributed by atoms with Gasteiger partial charge in [0.1, 0.15) is 0 Å². The number of carbonyl (C=O) groups is 1. The third kappa shape index (κ3) is 5.83. The predicted octanol–water partition coefficient (Wildman–Crippen LogP) is 3.12. The zero-order chi connectivity index (χ0) is 17.3. The van der Waals surface area contributed by atoms with Crippen LogP contribution in [-0.4, -0.2) is 47.7 Å². The first-order valence-electron chi connectivity index (χ1n) is 7.72. The van der Waals surface area contributed by atoms with Crippen LogP contribution in [0.1, 0.15) is 40.5 Å². The van der Waals surface area contributed by atoms with Crippen LogP contribution >= 0.6 is 0 Å². The summed E-state index contributed by atoms with van der Waals surface area (Å²) >= 11 is 0. The van der Waals surface area contributed by atoms with E-state index in [2.05, 4.69) is 4.99 Å². The number of hydrogen-bond donors (Lipinski definition) is 1. The molecule has 0 aromatic rings. The summed E-state index contributed by atoms with van der Waals surface area (Å²) in [5.74, 6) is -3.13. The maximum Gasteiger partial charge on any atom is 0.268 e. The van der Waals surface area contributed by atoms with Crippen LogP contribution in [-0.2, 0) is 4.79 Å². The minimum absolute atomic E-state index is 0.0409. The maximum absolute atomic E-state index is 13.9. The molecule has 2 unspecified atom stereocenters. The average Bonchev–Trinajstić information content (AvgIpc) is 2.80. The van der Waals surface area contributed by atoms with Crippen LogP contribution in [0.15, 0.2) is 17.3 Å². The first-order chi connectivity index (χ1) is 10.3. The van der Waals surface area contributed by atoms with Crippen molar-refractivity contribution in [1.82, 2.24) is 4.90 Å². The summed E-state index contributed by atoms with van der Waals surface area (Å²) in [6, 6.07) is -0.930. The summed E-state index contributed by atoms with van der Waals surface area (Å²) in [5.41, 5.74) is 0.548. The summed E-state index contributed by atoms with van der Waals surface area (Å²) in [7, 11) is 1.58. The van der Waals surface area contributed by atoms with Crippen molar-refractivity contribution in [3.05, 3.63) is 12.3 Å². The number of aliphatic hydroxyl groups is 1. The molecule has 6 heteroatoms. The van der Waals surface area contributed by atoms with Crippen molar-refractivity contribution in [3.8, 4) is 0 Å². The number of carbonyl (C=O) groups excluding carboxylic acids is 1. The normalized spacial score (nSPS) is 24.3. The standard InChI is InChI=1S/C14H22F2N2O2.C2H6/c1-10(2)12(17-9-20)4-5-18(3)13-6-11(8-19)7-14(13,15)16;1-2/h4-5,9-11,13,19H,6-8H2,1-3H3;1-2H3/b5-4-,17-12?;. The molecule has 128 valence electrons. The predicted molar refractivity (Wildman–Crippen MR) is 85.1 cm³/mol. The van der Waals surface area contributed by atoms with E-state index >= 15 is 0 Å². The van der Waals surface area contributed by atoms with Crippen LogP contribution in [0.4, 0.5) is 8.78 Å². The maximum atomic E-state index is 13.9. The number of nitrogens with zero attached hydrogens (tertiary/aromatic N) is 2.